The maximum Gasteiger partial charge on any atom is 0.231 e. The van der Waals surface area contributed by atoms with Crippen molar-refractivity contribution < 1.29 is 14.3 Å². The van der Waals surface area contributed by atoms with E-state index in [2.05, 4.69) is 21.6 Å². The Labute approximate surface area is 148 Å². The van der Waals surface area contributed by atoms with Crippen molar-refractivity contribution >= 4 is 22.4 Å². The number of fused-ring (bicyclic) bond motifs is 4. The third-order valence-corrected chi connectivity index (χ3v) is 5.48. The van der Waals surface area contributed by atoms with Crippen LogP contribution in [0.4, 0.5) is 5.69 Å². The molecule has 0 bridgehead atoms. The van der Waals surface area contributed by atoms with Crippen LogP contribution in [-0.4, -0.2) is 22.8 Å². The van der Waals surface area contributed by atoms with Crippen LogP contribution in [0.15, 0.2) is 47.8 Å². The second kappa shape index (κ2) is 4.88. The number of carbonyl (C=O) groups excluding carboxylic acids is 1. The van der Waals surface area contributed by atoms with Crippen molar-refractivity contribution in [1.82, 2.24) is 10.2 Å². The number of Topliss-reactive ketones (excluding diaryl/α,β-unsaturated/α-hetero) is 1. The highest BCUT2D eigenvalue weighted by Gasteiger charge is 2.38. The van der Waals surface area contributed by atoms with E-state index in [4.69, 9.17) is 9.47 Å². The molecule has 3 heterocycles. The summed E-state index contributed by atoms with van der Waals surface area (Å²) in [5.74, 6) is 1.54. The summed E-state index contributed by atoms with van der Waals surface area (Å²) in [5.41, 5.74) is 5.97. The smallest absolute Gasteiger partial charge is 0.231 e. The van der Waals surface area contributed by atoms with Crippen LogP contribution in [0.25, 0.3) is 10.9 Å². The van der Waals surface area contributed by atoms with Gasteiger partial charge in [-0.3, -0.25) is 9.89 Å². The van der Waals surface area contributed by atoms with Crippen LogP contribution in [0.2, 0.25) is 0 Å². The number of hydrogen-bond acceptors (Lipinski definition) is 5. The summed E-state index contributed by atoms with van der Waals surface area (Å²) in [5, 5.41) is 11.8. The molecule has 128 valence electrons. The number of ether oxygens (including phenoxy) is 2. The lowest BCUT2D eigenvalue weighted by molar-refractivity contribution is -0.115. The zero-order chi connectivity index (χ0) is 17.3. The Hall–Kier alpha value is -3.28. The molecule has 6 rings (SSSR count). The molecule has 2 N–H and O–H groups in total. The zero-order valence-electron chi connectivity index (χ0n) is 13.8. The number of H-pyrrole nitrogens is 1. The summed E-state index contributed by atoms with van der Waals surface area (Å²) < 4.78 is 11.0. The van der Waals surface area contributed by atoms with Crippen LogP contribution in [0.1, 0.15) is 29.9 Å². The van der Waals surface area contributed by atoms with Crippen molar-refractivity contribution in [3.63, 3.8) is 0 Å². The molecule has 0 fully saturated rings. The summed E-state index contributed by atoms with van der Waals surface area (Å²) in [4.78, 5) is 12.7. The molecule has 6 heteroatoms. The third kappa shape index (κ3) is 1.76. The largest absolute Gasteiger partial charge is 0.454 e. The molecule has 3 aromatic rings. The number of hydrogen-bond donors (Lipinski definition) is 2. The fourth-order valence-electron chi connectivity index (χ4n) is 4.32. The van der Waals surface area contributed by atoms with E-state index >= 15 is 0 Å². The van der Waals surface area contributed by atoms with Crippen molar-refractivity contribution in [2.75, 3.05) is 12.1 Å². The Kier molecular flexibility index (Phi) is 2.62. The van der Waals surface area contributed by atoms with Gasteiger partial charge in [-0.2, -0.15) is 5.10 Å². The van der Waals surface area contributed by atoms with Gasteiger partial charge in [-0.25, -0.2) is 0 Å². The van der Waals surface area contributed by atoms with Gasteiger partial charge in [0, 0.05) is 40.2 Å². The van der Waals surface area contributed by atoms with E-state index in [1.165, 1.54) is 0 Å². The average Bonchev–Trinajstić information content (AvgIpc) is 3.39. The predicted octanol–water partition coefficient (Wildman–Crippen LogP) is 3.47. The molecule has 1 unspecified atom stereocenters. The van der Waals surface area contributed by atoms with Gasteiger partial charge in [0.15, 0.2) is 17.3 Å². The van der Waals surface area contributed by atoms with E-state index in [-0.39, 0.29) is 18.5 Å². The molecular formula is C20H15N3O3. The topological polar surface area (TPSA) is 76.2 Å². The summed E-state index contributed by atoms with van der Waals surface area (Å²) in [6.45, 7) is 0.235. The van der Waals surface area contributed by atoms with E-state index in [1.54, 1.807) is 0 Å². The average molecular weight is 345 g/mol. The van der Waals surface area contributed by atoms with Gasteiger partial charge >= 0.3 is 0 Å². The first-order valence-electron chi connectivity index (χ1n) is 8.68. The maximum absolute atomic E-state index is 12.7. The maximum atomic E-state index is 12.7. The lowest BCUT2D eigenvalue weighted by Crippen LogP contribution is -2.19. The van der Waals surface area contributed by atoms with Gasteiger partial charge in [0.25, 0.3) is 0 Å². The van der Waals surface area contributed by atoms with Gasteiger partial charge in [-0.1, -0.05) is 6.07 Å². The molecule has 3 aliphatic rings. The van der Waals surface area contributed by atoms with Crippen molar-refractivity contribution in [2.45, 2.75) is 18.8 Å². The number of carbonyl (C=O) groups is 1. The minimum Gasteiger partial charge on any atom is -0.454 e. The Morgan fingerprint density at radius 2 is 2.00 bits per heavy atom. The van der Waals surface area contributed by atoms with Gasteiger partial charge in [0.1, 0.15) is 0 Å². The highest BCUT2D eigenvalue weighted by atomic mass is 16.7. The first-order valence-corrected chi connectivity index (χ1v) is 8.68. The molecule has 1 aliphatic carbocycles. The summed E-state index contributed by atoms with van der Waals surface area (Å²) in [6.07, 6.45) is 3.13. The molecule has 1 atom stereocenters. The molecule has 0 saturated carbocycles. The second-order valence-corrected chi connectivity index (χ2v) is 6.85. The number of ketones is 1. The Morgan fingerprint density at radius 1 is 1.08 bits per heavy atom. The second-order valence-electron chi connectivity index (χ2n) is 6.85. The fraction of sp³-hybridized carbons (Fsp3) is 0.200. The molecule has 26 heavy (non-hydrogen) atoms. The van der Waals surface area contributed by atoms with Gasteiger partial charge in [-0.05, 0) is 36.2 Å². The number of allylic oxidation sites excluding steroid dienone is 2. The number of nitrogens with zero attached hydrogens (tertiary/aromatic N) is 1. The number of nitrogens with one attached hydrogen (secondary N) is 2. The Bertz CT molecular complexity index is 1130. The van der Waals surface area contributed by atoms with E-state index in [1.807, 2.05) is 30.5 Å². The SMILES string of the molecule is O=C1CCC2=C1C(c1ccc3c(c1)OCO3)c1c(ccc3cn[nH]c13)N2. The third-order valence-electron chi connectivity index (χ3n) is 5.48. The van der Waals surface area contributed by atoms with Crippen LogP contribution in [0, 0.1) is 0 Å². The van der Waals surface area contributed by atoms with Crippen LogP contribution in [0.5, 0.6) is 11.5 Å². The lowest BCUT2D eigenvalue weighted by atomic mass is 9.80. The highest BCUT2D eigenvalue weighted by Crippen LogP contribution is 2.49. The van der Waals surface area contributed by atoms with E-state index < -0.39 is 0 Å². The molecule has 0 saturated heterocycles. The molecule has 2 aromatic carbocycles. The van der Waals surface area contributed by atoms with Crippen LogP contribution in [0.3, 0.4) is 0 Å². The zero-order valence-corrected chi connectivity index (χ0v) is 13.8. The first-order chi connectivity index (χ1) is 12.8. The molecule has 2 aliphatic heterocycles. The minimum atomic E-state index is -0.144. The number of aromatic nitrogens is 2. The molecular weight excluding hydrogens is 330 g/mol. The monoisotopic (exact) mass is 345 g/mol. The standard InChI is InChI=1S/C20H15N3O3/c24-14-5-4-12-18(14)17(10-2-6-15-16(7-10)26-9-25-15)19-13(22-12)3-1-11-8-21-23-20(11)19/h1-3,6-8,17,22H,4-5,9H2,(H,21,23). The fourth-order valence-corrected chi connectivity index (χ4v) is 4.32. The van der Waals surface area contributed by atoms with Crippen molar-refractivity contribution in [3.05, 3.63) is 58.9 Å². The van der Waals surface area contributed by atoms with E-state index in [0.717, 1.165) is 56.9 Å². The highest BCUT2D eigenvalue weighted by molar-refractivity contribution is 6.05. The first kappa shape index (κ1) is 13.9. The minimum absolute atomic E-state index is 0.144. The number of rotatable bonds is 1. The molecule has 0 spiro atoms. The van der Waals surface area contributed by atoms with Gasteiger partial charge in [-0.15, -0.1) is 0 Å². The van der Waals surface area contributed by atoms with Crippen LogP contribution in [-0.2, 0) is 4.79 Å². The quantitative estimate of drug-likeness (QED) is 0.706. The van der Waals surface area contributed by atoms with E-state index in [0.29, 0.717) is 6.42 Å². The lowest BCUT2D eigenvalue weighted by Gasteiger charge is -2.29. The normalized spacial score (nSPS) is 20.3. The predicted molar refractivity (Wildman–Crippen MR) is 95.4 cm³/mol. The Morgan fingerprint density at radius 3 is 2.96 bits per heavy atom. The van der Waals surface area contributed by atoms with Crippen LogP contribution >= 0.6 is 0 Å². The van der Waals surface area contributed by atoms with Crippen molar-refractivity contribution in [1.29, 1.82) is 0 Å². The number of aromatic amines is 1. The van der Waals surface area contributed by atoms with Gasteiger partial charge < -0.3 is 14.8 Å². The van der Waals surface area contributed by atoms with Gasteiger partial charge in [0.2, 0.25) is 6.79 Å². The Balaban J connectivity index is 1.64. The van der Waals surface area contributed by atoms with Crippen molar-refractivity contribution in [3.8, 4) is 11.5 Å². The molecule has 1 aromatic heterocycles. The summed E-state index contributed by atoms with van der Waals surface area (Å²) in [7, 11) is 0. The number of anilines is 1. The molecule has 6 nitrogen and oxygen atoms in total. The molecule has 0 radical (unpaired) electrons. The van der Waals surface area contributed by atoms with Crippen molar-refractivity contribution in [2.24, 2.45) is 0 Å². The van der Waals surface area contributed by atoms with E-state index in [9.17, 15) is 4.79 Å². The van der Waals surface area contributed by atoms with Crippen LogP contribution < -0.4 is 14.8 Å². The summed E-state index contributed by atoms with van der Waals surface area (Å²) in [6, 6.07) is 10.1. The summed E-state index contributed by atoms with van der Waals surface area (Å²) >= 11 is 0. The molecule has 0 amide bonds. The number of benzene rings is 2. The van der Waals surface area contributed by atoms with Gasteiger partial charge in [0.05, 0.1) is 11.7 Å².